The van der Waals surface area contributed by atoms with Gasteiger partial charge in [-0.1, -0.05) is 43.2 Å². The van der Waals surface area contributed by atoms with Crippen LogP contribution < -0.4 is 5.32 Å². The van der Waals surface area contributed by atoms with Crippen LogP contribution >= 0.6 is 0 Å². The third-order valence-corrected chi connectivity index (χ3v) is 6.95. The minimum atomic E-state index is 0.0973. The number of amides is 2. The Kier molecular flexibility index (Phi) is 7.70. The largest absolute Gasteiger partial charge is 0.354 e. The molecule has 0 aromatic heterocycles. The maximum Gasteiger partial charge on any atom is 0.234 e. The van der Waals surface area contributed by atoms with Gasteiger partial charge in [-0.2, -0.15) is 0 Å². The second kappa shape index (κ2) is 10.2. The molecule has 1 aromatic carbocycles. The molecule has 0 unspecified atom stereocenters. The van der Waals surface area contributed by atoms with Gasteiger partial charge in [-0.3, -0.25) is 14.5 Å². The van der Waals surface area contributed by atoms with Crippen LogP contribution in [-0.2, 0) is 15.0 Å². The van der Waals surface area contributed by atoms with Crippen LogP contribution in [-0.4, -0.2) is 60.9 Å². The molecule has 0 spiro atoms. The Balaban J connectivity index is 1.46. The highest BCUT2D eigenvalue weighted by atomic mass is 16.2. The molecule has 1 saturated carbocycles. The summed E-state index contributed by atoms with van der Waals surface area (Å²) in [7, 11) is 0. The Morgan fingerprint density at radius 3 is 2.28 bits per heavy atom. The summed E-state index contributed by atoms with van der Waals surface area (Å²) in [6.45, 7) is 8.46. The van der Waals surface area contributed by atoms with Crippen LogP contribution in [0.5, 0.6) is 0 Å². The van der Waals surface area contributed by atoms with Crippen molar-refractivity contribution in [2.24, 2.45) is 5.92 Å². The monoisotopic (exact) mass is 399 g/mol. The summed E-state index contributed by atoms with van der Waals surface area (Å²) in [6, 6.07) is 10.7. The van der Waals surface area contributed by atoms with Gasteiger partial charge in [0, 0.05) is 31.0 Å². The molecule has 1 heterocycles. The lowest BCUT2D eigenvalue weighted by Crippen LogP contribution is -2.47. The SMILES string of the molecule is CCN(CC)C(=O)C1CCN(CC(=O)NCC2(c3ccccc3)CCCC2)CC1. The number of carbonyl (C=O) groups is 2. The fourth-order valence-corrected chi connectivity index (χ4v) is 5.07. The molecule has 1 N–H and O–H groups in total. The van der Waals surface area contributed by atoms with Gasteiger partial charge in [0.1, 0.15) is 0 Å². The predicted octanol–water partition coefficient (Wildman–Crippen LogP) is 3.20. The molecular formula is C24H37N3O2. The molecule has 1 aromatic rings. The number of carbonyl (C=O) groups excluding carboxylic acids is 2. The molecule has 2 aliphatic rings. The first-order chi connectivity index (χ1) is 14.1. The van der Waals surface area contributed by atoms with E-state index >= 15 is 0 Å². The molecule has 160 valence electrons. The molecule has 5 nitrogen and oxygen atoms in total. The standard InChI is InChI=1S/C24H37N3O2/c1-3-27(4-2)23(29)20-12-16-26(17-13-20)18-22(28)25-19-24(14-8-9-15-24)21-10-6-5-7-11-21/h5-7,10-11,20H,3-4,8-9,12-19H2,1-2H3,(H,25,28). The molecule has 2 fully saturated rings. The highest BCUT2D eigenvalue weighted by molar-refractivity contribution is 5.79. The van der Waals surface area contributed by atoms with Gasteiger partial charge in [-0.05, 0) is 58.2 Å². The summed E-state index contributed by atoms with van der Waals surface area (Å²) in [6.07, 6.45) is 6.48. The number of benzene rings is 1. The van der Waals surface area contributed by atoms with Crippen LogP contribution in [0.2, 0.25) is 0 Å². The number of likely N-dealkylation sites (tertiary alicyclic amines) is 1. The van der Waals surface area contributed by atoms with Gasteiger partial charge in [0.2, 0.25) is 11.8 Å². The average Bonchev–Trinajstić information content (AvgIpc) is 3.24. The Hall–Kier alpha value is -1.88. The van der Waals surface area contributed by atoms with Crippen molar-refractivity contribution in [2.45, 2.75) is 57.8 Å². The van der Waals surface area contributed by atoms with E-state index in [0.29, 0.717) is 6.54 Å². The Morgan fingerprint density at radius 1 is 1.07 bits per heavy atom. The third kappa shape index (κ3) is 5.39. The Bertz CT molecular complexity index is 658. The van der Waals surface area contributed by atoms with Crippen molar-refractivity contribution in [3.8, 4) is 0 Å². The van der Waals surface area contributed by atoms with Gasteiger partial charge < -0.3 is 10.2 Å². The van der Waals surface area contributed by atoms with Crippen molar-refractivity contribution in [3.63, 3.8) is 0 Å². The lowest BCUT2D eigenvalue weighted by atomic mass is 9.79. The fraction of sp³-hybridized carbons (Fsp3) is 0.667. The van der Waals surface area contributed by atoms with Crippen LogP contribution in [0.3, 0.4) is 0 Å². The zero-order valence-corrected chi connectivity index (χ0v) is 18.2. The smallest absolute Gasteiger partial charge is 0.234 e. The summed E-state index contributed by atoms with van der Waals surface area (Å²) < 4.78 is 0. The van der Waals surface area contributed by atoms with E-state index in [4.69, 9.17) is 0 Å². The lowest BCUT2D eigenvalue weighted by molar-refractivity contribution is -0.136. The number of rotatable bonds is 8. The van der Waals surface area contributed by atoms with Crippen molar-refractivity contribution in [2.75, 3.05) is 39.3 Å². The third-order valence-electron chi connectivity index (χ3n) is 6.95. The maximum absolute atomic E-state index is 12.6. The van der Waals surface area contributed by atoms with Gasteiger partial charge in [-0.15, -0.1) is 0 Å². The molecular weight excluding hydrogens is 362 g/mol. The molecule has 5 heteroatoms. The summed E-state index contributed by atoms with van der Waals surface area (Å²) in [4.78, 5) is 29.3. The van der Waals surface area contributed by atoms with Crippen molar-refractivity contribution < 1.29 is 9.59 Å². The Labute approximate surface area is 175 Å². The van der Waals surface area contributed by atoms with Crippen LogP contribution in [0.15, 0.2) is 30.3 Å². The molecule has 29 heavy (non-hydrogen) atoms. The molecule has 0 radical (unpaired) electrons. The van der Waals surface area contributed by atoms with E-state index in [1.807, 2.05) is 18.7 Å². The number of nitrogens with zero attached hydrogens (tertiary/aromatic N) is 2. The van der Waals surface area contributed by atoms with Gasteiger partial charge in [0.05, 0.1) is 6.54 Å². The van der Waals surface area contributed by atoms with E-state index in [1.165, 1.54) is 18.4 Å². The first kappa shape index (κ1) is 21.8. The Morgan fingerprint density at radius 2 is 1.69 bits per heavy atom. The van der Waals surface area contributed by atoms with Crippen molar-refractivity contribution in [3.05, 3.63) is 35.9 Å². The number of hydrogen-bond acceptors (Lipinski definition) is 3. The minimum Gasteiger partial charge on any atom is -0.354 e. The summed E-state index contributed by atoms with van der Waals surface area (Å²) in [5.41, 5.74) is 1.45. The van der Waals surface area contributed by atoms with Gasteiger partial charge >= 0.3 is 0 Å². The second-order valence-electron chi connectivity index (χ2n) is 8.69. The first-order valence-corrected chi connectivity index (χ1v) is 11.4. The molecule has 1 saturated heterocycles. The maximum atomic E-state index is 12.6. The van der Waals surface area contributed by atoms with Crippen molar-refractivity contribution in [1.82, 2.24) is 15.1 Å². The summed E-state index contributed by atoms with van der Waals surface area (Å²) in [5.74, 6) is 0.514. The number of nitrogens with one attached hydrogen (secondary N) is 1. The zero-order chi connectivity index (χ0) is 20.7. The number of hydrogen-bond donors (Lipinski definition) is 1. The molecule has 3 rings (SSSR count). The van der Waals surface area contributed by atoms with E-state index in [9.17, 15) is 9.59 Å². The molecule has 2 amide bonds. The fourth-order valence-electron chi connectivity index (χ4n) is 5.07. The highest BCUT2D eigenvalue weighted by Gasteiger charge is 2.36. The molecule has 0 bridgehead atoms. The van der Waals surface area contributed by atoms with Crippen molar-refractivity contribution >= 4 is 11.8 Å². The van der Waals surface area contributed by atoms with Crippen molar-refractivity contribution in [1.29, 1.82) is 0 Å². The van der Waals surface area contributed by atoms with Gasteiger partial charge in [0.15, 0.2) is 0 Å². The van der Waals surface area contributed by atoms with E-state index in [0.717, 1.165) is 58.4 Å². The van der Waals surface area contributed by atoms with Crippen LogP contribution in [0.1, 0.15) is 57.9 Å². The normalized spacial score (nSPS) is 19.8. The summed E-state index contributed by atoms with van der Waals surface area (Å²) in [5, 5.41) is 3.23. The van der Waals surface area contributed by atoms with E-state index in [2.05, 4.69) is 40.5 Å². The topological polar surface area (TPSA) is 52.7 Å². The van der Waals surface area contributed by atoms with Crippen LogP contribution in [0.25, 0.3) is 0 Å². The van der Waals surface area contributed by atoms with Crippen LogP contribution in [0, 0.1) is 5.92 Å². The molecule has 1 aliphatic heterocycles. The molecule has 1 aliphatic carbocycles. The second-order valence-corrected chi connectivity index (χ2v) is 8.69. The number of piperidine rings is 1. The van der Waals surface area contributed by atoms with Gasteiger partial charge in [0.25, 0.3) is 0 Å². The van der Waals surface area contributed by atoms with Gasteiger partial charge in [-0.25, -0.2) is 0 Å². The molecule has 0 atom stereocenters. The lowest BCUT2D eigenvalue weighted by Gasteiger charge is -2.34. The predicted molar refractivity (Wildman–Crippen MR) is 117 cm³/mol. The van der Waals surface area contributed by atoms with Crippen LogP contribution in [0.4, 0.5) is 0 Å². The van der Waals surface area contributed by atoms with E-state index < -0.39 is 0 Å². The van der Waals surface area contributed by atoms with E-state index in [1.54, 1.807) is 0 Å². The first-order valence-electron chi connectivity index (χ1n) is 11.4. The van der Waals surface area contributed by atoms with E-state index in [-0.39, 0.29) is 23.1 Å². The average molecular weight is 400 g/mol. The highest BCUT2D eigenvalue weighted by Crippen LogP contribution is 2.40. The quantitative estimate of drug-likeness (QED) is 0.730. The zero-order valence-electron chi connectivity index (χ0n) is 18.2. The minimum absolute atomic E-state index is 0.0973. The summed E-state index contributed by atoms with van der Waals surface area (Å²) >= 11 is 0.